The zero-order valence-corrected chi connectivity index (χ0v) is 21.9. The molecule has 3 aliphatic carbocycles. The van der Waals surface area contributed by atoms with Crippen molar-refractivity contribution in [3.63, 3.8) is 0 Å². The fourth-order valence-electron chi connectivity index (χ4n) is 8.50. The molecule has 0 aromatic rings. The summed E-state index contributed by atoms with van der Waals surface area (Å²) < 4.78 is 0. The van der Waals surface area contributed by atoms with E-state index in [-0.39, 0.29) is 5.41 Å². The number of allylic oxidation sites excluding steroid dienone is 3. The molecule has 3 fully saturated rings. The Morgan fingerprint density at radius 2 is 1.65 bits per heavy atom. The standard InChI is InChI=1S/C30H52O/c1-22(15-16-24-23(2)13-10-18-27(24,3)4)12-9-14-26-29(7)20-11-19-28(5,6)25(29)17-21-30(26,8)31/h12,24-26,31H,2,9-11,13-21H2,1,3-8H3/b22-12+/t24-,25-,26+,29-,30-/m1/s1. The fraction of sp³-hybridized carbons (Fsp3) is 0.867. The van der Waals surface area contributed by atoms with Crippen LogP contribution in [0, 0.1) is 34.0 Å². The molecule has 5 atom stereocenters. The van der Waals surface area contributed by atoms with Crippen LogP contribution in [0.3, 0.4) is 0 Å². The van der Waals surface area contributed by atoms with Crippen LogP contribution in [0.1, 0.15) is 126 Å². The van der Waals surface area contributed by atoms with E-state index in [9.17, 15) is 5.11 Å². The largest absolute Gasteiger partial charge is 0.390 e. The van der Waals surface area contributed by atoms with Gasteiger partial charge in [0.05, 0.1) is 5.60 Å². The molecule has 0 aromatic carbocycles. The van der Waals surface area contributed by atoms with Gasteiger partial charge in [-0.2, -0.15) is 0 Å². The highest BCUT2D eigenvalue weighted by atomic mass is 16.3. The first-order chi connectivity index (χ1) is 14.3. The Morgan fingerprint density at radius 3 is 2.32 bits per heavy atom. The molecule has 0 unspecified atom stereocenters. The van der Waals surface area contributed by atoms with Gasteiger partial charge in [-0.15, -0.1) is 0 Å². The zero-order valence-electron chi connectivity index (χ0n) is 21.9. The van der Waals surface area contributed by atoms with E-state index in [4.69, 9.17) is 0 Å². The van der Waals surface area contributed by atoms with E-state index >= 15 is 0 Å². The number of hydrogen-bond donors (Lipinski definition) is 1. The zero-order chi connectivity index (χ0) is 23.1. The lowest BCUT2D eigenvalue weighted by Gasteiger charge is -2.61. The first-order valence-electron chi connectivity index (χ1n) is 13.4. The third-order valence-electron chi connectivity index (χ3n) is 10.3. The summed E-state index contributed by atoms with van der Waals surface area (Å²) in [6, 6.07) is 0. The van der Waals surface area contributed by atoms with Crippen molar-refractivity contribution >= 4 is 0 Å². The van der Waals surface area contributed by atoms with E-state index in [1.54, 1.807) is 0 Å². The number of aliphatic hydroxyl groups is 1. The second-order valence-electron chi connectivity index (χ2n) is 13.6. The molecule has 0 saturated heterocycles. The molecule has 178 valence electrons. The van der Waals surface area contributed by atoms with E-state index in [1.807, 2.05) is 0 Å². The second-order valence-corrected chi connectivity index (χ2v) is 13.6. The van der Waals surface area contributed by atoms with Crippen LogP contribution in [-0.2, 0) is 0 Å². The van der Waals surface area contributed by atoms with Gasteiger partial charge >= 0.3 is 0 Å². The van der Waals surface area contributed by atoms with Crippen molar-refractivity contribution in [2.75, 3.05) is 0 Å². The van der Waals surface area contributed by atoms with E-state index < -0.39 is 5.60 Å². The van der Waals surface area contributed by atoms with Gasteiger partial charge < -0.3 is 5.11 Å². The topological polar surface area (TPSA) is 20.2 Å². The Hall–Kier alpha value is -0.560. The maximum atomic E-state index is 11.4. The second kappa shape index (κ2) is 9.00. The maximum Gasteiger partial charge on any atom is 0.0653 e. The van der Waals surface area contributed by atoms with Crippen molar-refractivity contribution in [2.45, 2.75) is 131 Å². The van der Waals surface area contributed by atoms with Crippen molar-refractivity contribution in [1.29, 1.82) is 0 Å². The number of fused-ring (bicyclic) bond motifs is 1. The maximum absolute atomic E-state index is 11.4. The third kappa shape index (κ3) is 5.18. The Morgan fingerprint density at radius 1 is 0.968 bits per heavy atom. The summed E-state index contributed by atoms with van der Waals surface area (Å²) in [5, 5.41) is 11.4. The molecule has 0 heterocycles. The van der Waals surface area contributed by atoms with Crippen molar-refractivity contribution < 1.29 is 5.11 Å². The van der Waals surface area contributed by atoms with Crippen LogP contribution in [0.15, 0.2) is 23.8 Å². The van der Waals surface area contributed by atoms with Gasteiger partial charge in [0.25, 0.3) is 0 Å². The first kappa shape index (κ1) is 25.1. The van der Waals surface area contributed by atoms with Crippen LogP contribution in [0.5, 0.6) is 0 Å². The first-order valence-corrected chi connectivity index (χ1v) is 13.4. The van der Waals surface area contributed by atoms with Gasteiger partial charge in [-0.05, 0) is 118 Å². The van der Waals surface area contributed by atoms with Crippen LogP contribution in [0.2, 0.25) is 0 Å². The Kier molecular flexibility index (Phi) is 7.28. The van der Waals surface area contributed by atoms with Crippen molar-refractivity contribution in [3.05, 3.63) is 23.8 Å². The van der Waals surface area contributed by atoms with Crippen molar-refractivity contribution in [3.8, 4) is 0 Å². The highest BCUT2D eigenvalue weighted by Gasteiger charge is 2.57. The average molecular weight is 429 g/mol. The molecule has 0 amide bonds. The van der Waals surface area contributed by atoms with Gasteiger partial charge in [0.1, 0.15) is 0 Å². The van der Waals surface area contributed by atoms with E-state index in [1.165, 1.54) is 68.9 Å². The molecule has 0 radical (unpaired) electrons. The van der Waals surface area contributed by atoms with Gasteiger partial charge in [-0.3, -0.25) is 0 Å². The lowest BCUT2D eigenvalue weighted by atomic mass is 9.45. The normalized spacial score (nSPS) is 40.5. The van der Waals surface area contributed by atoms with Gasteiger partial charge in [0.2, 0.25) is 0 Å². The third-order valence-corrected chi connectivity index (χ3v) is 10.3. The Balaban J connectivity index is 1.62. The minimum absolute atomic E-state index is 0.287. The van der Waals surface area contributed by atoms with Gasteiger partial charge in [0, 0.05) is 0 Å². The molecule has 3 rings (SSSR count). The van der Waals surface area contributed by atoms with Crippen LogP contribution >= 0.6 is 0 Å². The van der Waals surface area contributed by atoms with Crippen molar-refractivity contribution in [2.24, 2.45) is 34.0 Å². The summed E-state index contributed by atoms with van der Waals surface area (Å²) >= 11 is 0. The summed E-state index contributed by atoms with van der Waals surface area (Å²) in [5.41, 5.74) is 3.63. The molecular weight excluding hydrogens is 376 g/mol. The van der Waals surface area contributed by atoms with Crippen LogP contribution in [-0.4, -0.2) is 10.7 Å². The molecule has 1 nitrogen and oxygen atoms in total. The Labute approximate surface area is 194 Å². The molecule has 0 aromatic heterocycles. The summed E-state index contributed by atoms with van der Waals surface area (Å²) in [4.78, 5) is 0. The van der Waals surface area contributed by atoms with Crippen molar-refractivity contribution in [1.82, 2.24) is 0 Å². The van der Waals surface area contributed by atoms with E-state index in [0.29, 0.717) is 22.7 Å². The van der Waals surface area contributed by atoms with Gasteiger partial charge in [-0.1, -0.05) is 64.8 Å². The van der Waals surface area contributed by atoms with E-state index in [2.05, 4.69) is 61.1 Å². The van der Waals surface area contributed by atoms with Crippen LogP contribution in [0.25, 0.3) is 0 Å². The predicted octanol–water partition coefficient (Wildman–Crippen LogP) is 8.87. The Bertz CT molecular complexity index is 679. The molecule has 1 heteroatoms. The number of hydrogen-bond acceptors (Lipinski definition) is 1. The van der Waals surface area contributed by atoms with Crippen LogP contribution in [0.4, 0.5) is 0 Å². The van der Waals surface area contributed by atoms with E-state index in [0.717, 1.165) is 25.2 Å². The highest BCUT2D eigenvalue weighted by Crippen LogP contribution is 2.62. The molecule has 3 saturated carbocycles. The number of rotatable bonds is 6. The summed E-state index contributed by atoms with van der Waals surface area (Å²) in [6.07, 6.45) is 17.2. The minimum Gasteiger partial charge on any atom is -0.390 e. The highest BCUT2D eigenvalue weighted by molar-refractivity contribution is 5.12. The summed E-state index contributed by atoms with van der Waals surface area (Å²) in [5.74, 6) is 1.84. The SMILES string of the molecule is C=C1CCCC(C)(C)[C@@H]1CC/C(C)=C/CC[C@H]1[C@]2(C)CCCC(C)(C)[C@H]2CC[C@@]1(C)O. The predicted molar refractivity (Wildman–Crippen MR) is 135 cm³/mol. The van der Waals surface area contributed by atoms with Gasteiger partial charge in [-0.25, -0.2) is 0 Å². The van der Waals surface area contributed by atoms with Crippen LogP contribution < -0.4 is 0 Å². The molecule has 31 heavy (non-hydrogen) atoms. The average Bonchev–Trinajstić information content (AvgIpc) is 2.62. The molecular formula is C30H52O. The molecule has 3 aliphatic rings. The quantitative estimate of drug-likeness (QED) is 0.419. The van der Waals surface area contributed by atoms with Gasteiger partial charge in [0.15, 0.2) is 0 Å². The lowest BCUT2D eigenvalue weighted by molar-refractivity contribution is -0.168. The molecule has 0 aliphatic heterocycles. The smallest absolute Gasteiger partial charge is 0.0653 e. The minimum atomic E-state index is -0.510. The lowest BCUT2D eigenvalue weighted by Crippen LogP contribution is -2.57. The molecule has 0 spiro atoms. The monoisotopic (exact) mass is 428 g/mol. The molecule has 1 N–H and O–H groups in total. The summed E-state index contributed by atoms with van der Waals surface area (Å²) in [7, 11) is 0. The summed E-state index contributed by atoms with van der Waals surface area (Å²) in [6.45, 7) is 21.2. The fourth-order valence-corrected chi connectivity index (χ4v) is 8.50. The molecule has 0 bridgehead atoms.